The van der Waals surface area contributed by atoms with Gasteiger partial charge in [0.05, 0.1) is 6.54 Å². The number of carbonyl (C=O) groups excluding carboxylic acids is 1. The summed E-state index contributed by atoms with van der Waals surface area (Å²) in [5.74, 6) is 0.257. The van der Waals surface area contributed by atoms with Crippen molar-refractivity contribution in [3.05, 3.63) is 18.0 Å². The van der Waals surface area contributed by atoms with Gasteiger partial charge in [-0.15, -0.1) is 0 Å². The Balaban J connectivity index is 2.27. The van der Waals surface area contributed by atoms with E-state index in [2.05, 4.69) is 10.4 Å². The van der Waals surface area contributed by atoms with Crippen LogP contribution in [0.4, 0.5) is 0 Å². The van der Waals surface area contributed by atoms with E-state index in [0.29, 0.717) is 13.0 Å². The van der Waals surface area contributed by atoms with Crippen LogP contribution in [0.1, 0.15) is 19.0 Å². The Kier molecular flexibility index (Phi) is 4.32. The first-order valence-electron chi connectivity index (χ1n) is 4.93. The summed E-state index contributed by atoms with van der Waals surface area (Å²) in [6.45, 7) is 3.32. The molecule has 0 aromatic carbocycles. The van der Waals surface area contributed by atoms with E-state index in [9.17, 15) is 4.79 Å². The Hall–Kier alpha value is -1.16. The minimum atomic E-state index is 0.257. The fourth-order valence-electron chi connectivity index (χ4n) is 1.27. The van der Waals surface area contributed by atoms with Crippen LogP contribution in [0, 0.1) is 0 Å². The van der Waals surface area contributed by atoms with Crippen molar-refractivity contribution in [2.75, 3.05) is 13.1 Å². The summed E-state index contributed by atoms with van der Waals surface area (Å²) < 4.78 is 1.81. The Morgan fingerprint density at radius 2 is 2.43 bits per heavy atom. The highest BCUT2D eigenvalue weighted by Gasteiger charge is 2.03. The molecule has 4 nitrogen and oxygen atoms in total. The van der Waals surface area contributed by atoms with E-state index in [1.54, 1.807) is 10.9 Å². The maximum atomic E-state index is 11.3. The summed E-state index contributed by atoms with van der Waals surface area (Å²) in [6, 6.07) is 1.94. The second-order valence-corrected chi connectivity index (χ2v) is 3.27. The van der Waals surface area contributed by atoms with Crippen molar-refractivity contribution in [3.8, 4) is 0 Å². The van der Waals surface area contributed by atoms with Crippen molar-refractivity contribution in [2.24, 2.45) is 7.05 Å². The fourth-order valence-corrected chi connectivity index (χ4v) is 1.27. The molecule has 0 aliphatic carbocycles. The van der Waals surface area contributed by atoms with Gasteiger partial charge in [-0.25, -0.2) is 0 Å². The summed E-state index contributed by atoms with van der Waals surface area (Å²) >= 11 is 0. The topological polar surface area (TPSA) is 46.9 Å². The third-order valence-electron chi connectivity index (χ3n) is 2.15. The third-order valence-corrected chi connectivity index (χ3v) is 2.15. The predicted molar refractivity (Wildman–Crippen MR) is 55.1 cm³/mol. The highest BCUT2D eigenvalue weighted by molar-refractivity contribution is 5.80. The third kappa shape index (κ3) is 3.30. The Labute approximate surface area is 84.3 Å². The highest BCUT2D eigenvalue weighted by Crippen LogP contribution is 2.00. The van der Waals surface area contributed by atoms with E-state index >= 15 is 0 Å². The lowest BCUT2D eigenvalue weighted by atomic mass is 10.2. The number of rotatable bonds is 6. The minimum absolute atomic E-state index is 0.257. The van der Waals surface area contributed by atoms with Gasteiger partial charge in [0.25, 0.3) is 0 Å². The minimum Gasteiger partial charge on any atom is -0.310 e. The molecular weight excluding hydrogens is 178 g/mol. The smallest absolute Gasteiger partial charge is 0.147 e. The molecule has 0 amide bonds. The molecule has 0 saturated carbocycles. The van der Waals surface area contributed by atoms with Crippen molar-refractivity contribution in [2.45, 2.75) is 19.8 Å². The molecule has 1 aromatic rings. The Bertz CT molecular complexity index is 293. The van der Waals surface area contributed by atoms with Crippen molar-refractivity contribution < 1.29 is 4.79 Å². The summed E-state index contributed by atoms with van der Waals surface area (Å²) in [5.41, 5.74) is 1.11. The molecule has 1 rings (SSSR count). The van der Waals surface area contributed by atoms with Crippen molar-refractivity contribution in [1.82, 2.24) is 15.1 Å². The molecule has 78 valence electrons. The first-order chi connectivity index (χ1) is 6.74. The first-order valence-corrected chi connectivity index (χ1v) is 4.93. The molecule has 1 N–H and O–H groups in total. The maximum Gasteiger partial charge on any atom is 0.147 e. The molecule has 4 heteroatoms. The zero-order chi connectivity index (χ0) is 10.4. The van der Waals surface area contributed by atoms with Crippen LogP contribution in [0.25, 0.3) is 0 Å². The van der Waals surface area contributed by atoms with E-state index in [1.165, 1.54) is 0 Å². The first kappa shape index (κ1) is 10.9. The van der Waals surface area contributed by atoms with Gasteiger partial charge < -0.3 is 5.32 Å². The molecular formula is C10H17N3O. The van der Waals surface area contributed by atoms with Gasteiger partial charge >= 0.3 is 0 Å². The summed E-state index contributed by atoms with van der Waals surface area (Å²) in [5, 5.41) is 7.07. The number of aromatic nitrogens is 2. The summed E-state index contributed by atoms with van der Waals surface area (Å²) in [4.78, 5) is 11.3. The van der Waals surface area contributed by atoms with Crippen LogP contribution in [0.2, 0.25) is 0 Å². The van der Waals surface area contributed by atoms with Crippen LogP contribution in [-0.4, -0.2) is 28.7 Å². The molecule has 0 fully saturated rings. The average Bonchev–Trinajstić information content (AvgIpc) is 2.58. The number of nitrogens with zero attached hydrogens (tertiary/aromatic N) is 2. The number of ketones is 1. The maximum absolute atomic E-state index is 11.3. The van der Waals surface area contributed by atoms with Crippen molar-refractivity contribution in [3.63, 3.8) is 0 Å². The lowest BCUT2D eigenvalue weighted by Crippen LogP contribution is -2.22. The van der Waals surface area contributed by atoms with Gasteiger partial charge in [0.15, 0.2) is 0 Å². The summed E-state index contributed by atoms with van der Waals surface area (Å²) in [6.07, 6.45) is 3.12. The Morgan fingerprint density at radius 1 is 1.64 bits per heavy atom. The number of carbonyl (C=O) groups is 1. The van der Waals surface area contributed by atoms with Gasteiger partial charge in [0, 0.05) is 25.4 Å². The fraction of sp³-hybridized carbons (Fsp3) is 0.600. The number of aryl methyl sites for hydroxylation is 2. The number of Topliss-reactive ketones (excluding diaryl/α,β-unsaturated/α-hetero) is 1. The van der Waals surface area contributed by atoms with Crippen LogP contribution in [0.5, 0.6) is 0 Å². The molecule has 1 aromatic heterocycles. The highest BCUT2D eigenvalue weighted by atomic mass is 16.1. The van der Waals surface area contributed by atoms with Crippen molar-refractivity contribution in [1.29, 1.82) is 0 Å². The lowest BCUT2D eigenvalue weighted by molar-refractivity contribution is -0.118. The molecule has 0 saturated heterocycles. The molecule has 0 unspecified atom stereocenters. The van der Waals surface area contributed by atoms with Gasteiger partial charge in [-0.05, 0) is 19.0 Å². The molecule has 0 aliphatic rings. The van der Waals surface area contributed by atoms with Gasteiger partial charge in [-0.1, -0.05) is 6.92 Å². The predicted octanol–water partition coefficient (Wildman–Crippen LogP) is 0.531. The number of hydrogen-bond donors (Lipinski definition) is 1. The molecule has 14 heavy (non-hydrogen) atoms. The largest absolute Gasteiger partial charge is 0.310 e. The SMILES string of the molecule is CCNCC(=O)CCc1ccnn1C. The van der Waals surface area contributed by atoms with E-state index in [4.69, 9.17) is 0 Å². The van der Waals surface area contributed by atoms with Gasteiger partial charge in [0.2, 0.25) is 0 Å². The van der Waals surface area contributed by atoms with Crippen LogP contribution >= 0.6 is 0 Å². The average molecular weight is 195 g/mol. The van der Waals surface area contributed by atoms with Crippen LogP contribution in [0.3, 0.4) is 0 Å². The zero-order valence-corrected chi connectivity index (χ0v) is 8.79. The number of likely N-dealkylation sites (N-methyl/N-ethyl adjacent to an activating group) is 1. The molecule has 0 atom stereocenters. The number of nitrogens with one attached hydrogen (secondary N) is 1. The van der Waals surface area contributed by atoms with E-state index in [1.807, 2.05) is 20.0 Å². The van der Waals surface area contributed by atoms with Crippen LogP contribution in [-0.2, 0) is 18.3 Å². The normalized spacial score (nSPS) is 10.4. The molecule has 0 aliphatic heterocycles. The van der Waals surface area contributed by atoms with Gasteiger partial charge in [-0.3, -0.25) is 9.48 Å². The summed E-state index contributed by atoms with van der Waals surface area (Å²) in [7, 11) is 1.89. The van der Waals surface area contributed by atoms with E-state index in [-0.39, 0.29) is 5.78 Å². The van der Waals surface area contributed by atoms with Crippen LogP contribution in [0.15, 0.2) is 12.3 Å². The van der Waals surface area contributed by atoms with Crippen LogP contribution < -0.4 is 5.32 Å². The monoisotopic (exact) mass is 195 g/mol. The zero-order valence-electron chi connectivity index (χ0n) is 8.79. The second kappa shape index (κ2) is 5.54. The molecule has 0 spiro atoms. The van der Waals surface area contributed by atoms with E-state index in [0.717, 1.165) is 18.7 Å². The molecule has 0 bridgehead atoms. The van der Waals surface area contributed by atoms with Crippen molar-refractivity contribution >= 4 is 5.78 Å². The standard InChI is InChI=1S/C10H17N3O/c1-3-11-8-10(14)5-4-9-6-7-12-13(9)2/h6-7,11H,3-5,8H2,1-2H3. The molecule has 0 radical (unpaired) electrons. The lowest BCUT2D eigenvalue weighted by Gasteiger charge is -2.02. The second-order valence-electron chi connectivity index (χ2n) is 3.27. The van der Waals surface area contributed by atoms with E-state index < -0.39 is 0 Å². The number of hydrogen-bond acceptors (Lipinski definition) is 3. The Morgan fingerprint density at radius 3 is 3.00 bits per heavy atom. The van der Waals surface area contributed by atoms with Gasteiger partial charge in [-0.2, -0.15) is 5.10 Å². The molecule has 1 heterocycles. The quantitative estimate of drug-likeness (QED) is 0.720. The van der Waals surface area contributed by atoms with Gasteiger partial charge in [0.1, 0.15) is 5.78 Å².